The van der Waals surface area contributed by atoms with Crippen molar-refractivity contribution in [2.75, 3.05) is 20.2 Å². The van der Waals surface area contributed by atoms with E-state index in [1.807, 2.05) is 6.92 Å². The van der Waals surface area contributed by atoms with Crippen LogP contribution in [0.2, 0.25) is 5.02 Å². The first kappa shape index (κ1) is 16.2. The molecule has 2 atom stereocenters. The molecule has 0 amide bonds. The van der Waals surface area contributed by atoms with Gasteiger partial charge in [0.25, 0.3) is 0 Å². The molecule has 0 aliphatic rings. The first-order chi connectivity index (χ1) is 9.13. The molecule has 0 saturated heterocycles. The van der Waals surface area contributed by atoms with Crippen LogP contribution in [-0.2, 0) is 0 Å². The molecule has 0 fully saturated rings. The number of aliphatic hydroxyl groups excluding tert-OH is 1. The summed E-state index contributed by atoms with van der Waals surface area (Å²) in [7, 11) is 1.81. The summed E-state index contributed by atoms with van der Waals surface area (Å²) in [4.78, 5) is 0. The Morgan fingerprint density at radius 2 is 2.21 bits per heavy atom. The summed E-state index contributed by atoms with van der Waals surface area (Å²) in [5, 5.41) is 14.1. The number of nitrogens with one attached hydrogen (secondary N) is 1. The summed E-state index contributed by atoms with van der Waals surface area (Å²) >= 11 is 6.01. The Labute approximate surface area is 119 Å². The number of benzene rings is 1. The van der Waals surface area contributed by atoms with Gasteiger partial charge in [0.2, 0.25) is 0 Å². The molecule has 1 aromatic rings. The van der Waals surface area contributed by atoms with Gasteiger partial charge < -0.3 is 20.9 Å². The van der Waals surface area contributed by atoms with E-state index in [1.165, 1.54) is 0 Å². The number of rotatable bonds is 8. The highest BCUT2D eigenvalue weighted by Gasteiger charge is 2.22. The van der Waals surface area contributed by atoms with E-state index in [0.29, 0.717) is 35.9 Å². The lowest BCUT2D eigenvalue weighted by molar-refractivity contribution is 0.124. The monoisotopic (exact) mass is 286 g/mol. The van der Waals surface area contributed by atoms with Crippen LogP contribution < -0.4 is 15.8 Å². The summed E-state index contributed by atoms with van der Waals surface area (Å²) in [5.41, 5.74) is 6.26. The van der Waals surface area contributed by atoms with Crippen LogP contribution in [-0.4, -0.2) is 31.3 Å². The molecule has 5 heteroatoms. The number of halogens is 1. The van der Waals surface area contributed by atoms with Crippen molar-refractivity contribution < 1.29 is 9.84 Å². The molecule has 0 heterocycles. The van der Waals surface area contributed by atoms with Crippen LogP contribution in [0.1, 0.15) is 31.4 Å². The van der Waals surface area contributed by atoms with Crippen LogP contribution in [0.3, 0.4) is 0 Å². The van der Waals surface area contributed by atoms with Crippen molar-refractivity contribution in [3.05, 3.63) is 28.8 Å². The predicted octanol–water partition coefficient (Wildman–Crippen LogP) is 2.10. The second kappa shape index (κ2) is 8.38. The molecule has 19 heavy (non-hydrogen) atoms. The maximum atomic E-state index is 10.5. The van der Waals surface area contributed by atoms with Gasteiger partial charge in [-0.25, -0.2) is 0 Å². The summed E-state index contributed by atoms with van der Waals surface area (Å²) in [6.07, 6.45) is 0.896. The second-order valence-corrected chi connectivity index (χ2v) is 4.88. The highest BCUT2D eigenvalue weighted by Crippen LogP contribution is 2.31. The van der Waals surface area contributed by atoms with Crippen molar-refractivity contribution in [3.63, 3.8) is 0 Å². The Balaban J connectivity index is 2.97. The van der Waals surface area contributed by atoms with Crippen LogP contribution in [0.4, 0.5) is 0 Å². The SMILES string of the molecule is CCCOc1ccc(Cl)cc1C(O)C(CCN)NC. The molecule has 108 valence electrons. The maximum absolute atomic E-state index is 10.5. The lowest BCUT2D eigenvalue weighted by atomic mass is 9.99. The van der Waals surface area contributed by atoms with Crippen molar-refractivity contribution in [1.82, 2.24) is 5.32 Å². The van der Waals surface area contributed by atoms with Gasteiger partial charge in [-0.05, 0) is 44.6 Å². The standard InChI is InChI=1S/C14H23ClN2O2/c1-3-8-19-13-5-4-10(15)9-11(13)14(18)12(17-2)6-7-16/h4-5,9,12,14,17-18H,3,6-8,16H2,1-2H3. The zero-order valence-electron chi connectivity index (χ0n) is 11.5. The van der Waals surface area contributed by atoms with Gasteiger partial charge in [-0.1, -0.05) is 18.5 Å². The van der Waals surface area contributed by atoms with Gasteiger partial charge in [0, 0.05) is 16.6 Å². The Morgan fingerprint density at radius 3 is 2.79 bits per heavy atom. The summed E-state index contributed by atoms with van der Waals surface area (Å²) in [6, 6.07) is 5.19. The van der Waals surface area contributed by atoms with E-state index in [9.17, 15) is 5.11 Å². The van der Waals surface area contributed by atoms with Crippen LogP contribution >= 0.6 is 11.6 Å². The average molecular weight is 287 g/mol. The quantitative estimate of drug-likeness (QED) is 0.685. The maximum Gasteiger partial charge on any atom is 0.125 e. The van der Waals surface area contributed by atoms with Gasteiger partial charge in [-0.15, -0.1) is 0 Å². The van der Waals surface area contributed by atoms with Crippen LogP contribution in [0.25, 0.3) is 0 Å². The Hall–Kier alpha value is -0.810. The van der Waals surface area contributed by atoms with Gasteiger partial charge in [-0.2, -0.15) is 0 Å². The molecule has 4 N–H and O–H groups in total. The zero-order chi connectivity index (χ0) is 14.3. The van der Waals surface area contributed by atoms with E-state index >= 15 is 0 Å². The van der Waals surface area contributed by atoms with Gasteiger partial charge in [-0.3, -0.25) is 0 Å². The summed E-state index contributed by atoms with van der Waals surface area (Å²) in [6.45, 7) is 3.16. The minimum absolute atomic E-state index is 0.118. The van der Waals surface area contributed by atoms with Crippen molar-refractivity contribution >= 4 is 11.6 Å². The molecule has 0 aliphatic heterocycles. The van der Waals surface area contributed by atoms with Crippen molar-refractivity contribution in [1.29, 1.82) is 0 Å². The zero-order valence-corrected chi connectivity index (χ0v) is 12.3. The molecule has 0 radical (unpaired) electrons. The van der Waals surface area contributed by atoms with Crippen molar-refractivity contribution in [2.45, 2.75) is 31.9 Å². The molecular weight excluding hydrogens is 264 g/mol. The first-order valence-corrected chi connectivity index (χ1v) is 6.99. The molecule has 0 spiro atoms. The Morgan fingerprint density at radius 1 is 1.47 bits per heavy atom. The molecular formula is C14H23ClN2O2. The van der Waals surface area contributed by atoms with Crippen LogP contribution in [0.5, 0.6) is 5.75 Å². The molecule has 0 aliphatic carbocycles. The third kappa shape index (κ3) is 4.66. The minimum Gasteiger partial charge on any atom is -0.493 e. The largest absolute Gasteiger partial charge is 0.493 e. The Kier molecular flexibility index (Phi) is 7.16. The lowest BCUT2D eigenvalue weighted by Gasteiger charge is -2.24. The van der Waals surface area contributed by atoms with E-state index in [-0.39, 0.29) is 6.04 Å². The lowest BCUT2D eigenvalue weighted by Crippen LogP contribution is -2.34. The van der Waals surface area contributed by atoms with E-state index in [4.69, 9.17) is 22.1 Å². The number of aliphatic hydroxyl groups is 1. The fraction of sp³-hybridized carbons (Fsp3) is 0.571. The highest BCUT2D eigenvalue weighted by atomic mass is 35.5. The second-order valence-electron chi connectivity index (χ2n) is 4.45. The van der Waals surface area contributed by atoms with Gasteiger partial charge in [0.1, 0.15) is 5.75 Å². The topological polar surface area (TPSA) is 67.5 Å². The number of likely N-dealkylation sites (N-methyl/N-ethyl adjacent to an activating group) is 1. The molecule has 0 aromatic heterocycles. The summed E-state index contributed by atoms with van der Waals surface area (Å²) in [5.74, 6) is 0.677. The molecule has 0 bridgehead atoms. The average Bonchev–Trinajstić information content (AvgIpc) is 2.42. The van der Waals surface area contributed by atoms with Gasteiger partial charge >= 0.3 is 0 Å². The third-order valence-electron chi connectivity index (χ3n) is 2.98. The molecule has 1 rings (SSSR count). The Bertz CT molecular complexity index is 388. The van der Waals surface area contributed by atoms with Crippen LogP contribution in [0, 0.1) is 0 Å². The van der Waals surface area contributed by atoms with E-state index in [0.717, 1.165) is 6.42 Å². The number of hydrogen-bond donors (Lipinski definition) is 3. The predicted molar refractivity (Wildman–Crippen MR) is 78.7 cm³/mol. The van der Waals surface area contributed by atoms with Crippen molar-refractivity contribution in [3.8, 4) is 5.75 Å². The van der Waals surface area contributed by atoms with E-state index in [1.54, 1.807) is 25.2 Å². The molecule has 0 saturated carbocycles. The number of hydrogen-bond acceptors (Lipinski definition) is 4. The first-order valence-electron chi connectivity index (χ1n) is 6.61. The van der Waals surface area contributed by atoms with Crippen molar-refractivity contribution in [2.24, 2.45) is 5.73 Å². The smallest absolute Gasteiger partial charge is 0.125 e. The normalized spacial score (nSPS) is 14.2. The van der Waals surface area contributed by atoms with E-state index in [2.05, 4.69) is 5.32 Å². The van der Waals surface area contributed by atoms with E-state index < -0.39 is 6.10 Å². The summed E-state index contributed by atoms with van der Waals surface area (Å²) < 4.78 is 5.66. The van der Waals surface area contributed by atoms with Gasteiger partial charge in [0.05, 0.1) is 12.7 Å². The molecule has 4 nitrogen and oxygen atoms in total. The fourth-order valence-electron chi connectivity index (χ4n) is 1.95. The van der Waals surface area contributed by atoms with Gasteiger partial charge in [0.15, 0.2) is 0 Å². The molecule has 2 unspecified atom stereocenters. The number of ether oxygens (including phenoxy) is 1. The molecule has 1 aromatic carbocycles. The minimum atomic E-state index is -0.695. The third-order valence-corrected chi connectivity index (χ3v) is 3.22. The van der Waals surface area contributed by atoms with Crippen LogP contribution in [0.15, 0.2) is 18.2 Å². The number of nitrogens with two attached hydrogens (primary N) is 1. The highest BCUT2D eigenvalue weighted by molar-refractivity contribution is 6.30. The fourth-order valence-corrected chi connectivity index (χ4v) is 2.13.